The molecule has 2 saturated heterocycles. The van der Waals surface area contributed by atoms with Gasteiger partial charge < -0.3 is 15.5 Å². The van der Waals surface area contributed by atoms with Gasteiger partial charge in [-0.05, 0) is 42.7 Å². The molecule has 8 heteroatoms. The van der Waals surface area contributed by atoms with Crippen molar-refractivity contribution < 1.29 is 9.59 Å². The first-order chi connectivity index (χ1) is 15.6. The van der Waals surface area contributed by atoms with Gasteiger partial charge in [0.25, 0.3) is 11.8 Å². The maximum absolute atomic E-state index is 12.6. The maximum atomic E-state index is 12.6. The number of nitrogens with zero attached hydrogens (tertiary/aromatic N) is 4. The zero-order chi connectivity index (χ0) is 22.3. The summed E-state index contributed by atoms with van der Waals surface area (Å²) in [6.07, 6.45) is 3.25. The third kappa shape index (κ3) is 5.49. The highest BCUT2D eigenvalue weighted by Crippen LogP contribution is 2.15. The second-order valence-electron chi connectivity index (χ2n) is 8.31. The highest BCUT2D eigenvalue weighted by Gasteiger charge is 2.22. The fourth-order valence-electron chi connectivity index (χ4n) is 4.14. The van der Waals surface area contributed by atoms with Gasteiger partial charge in [-0.2, -0.15) is 5.26 Å². The molecule has 2 amide bonds. The molecule has 1 aromatic carbocycles. The number of piperidine rings is 1. The lowest BCUT2D eigenvalue weighted by atomic mass is 10.0. The van der Waals surface area contributed by atoms with Crippen LogP contribution in [0.2, 0.25) is 0 Å². The first-order valence-electron chi connectivity index (χ1n) is 11.1. The summed E-state index contributed by atoms with van der Waals surface area (Å²) in [6, 6.07) is 13.2. The Labute approximate surface area is 188 Å². The number of carbonyl (C=O) groups is 2. The molecular formula is C24H28N6O2. The lowest BCUT2D eigenvalue weighted by Crippen LogP contribution is -2.46. The largest absolute Gasteiger partial charge is 0.348 e. The van der Waals surface area contributed by atoms with Crippen molar-refractivity contribution >= 4 is 11.8 Å². The van der Waals surface area contributed by atoms with Crippen LogP contribution >= 0.6 is 0 Å². The SMILES string of the molecule is N#Cc1ccc(CN2CCC(NC(=O)c3ccc(C(=O)N4CCNCC4)cn3)CC2)cc1. The molecule has 0 spiro atoms. The number of benzene rings is 1. The van der Waals surface area contributed by atoms with E-state index in [0.717, 1.165) is 45.6 Å². The molecule has 8 nitrogen and oxygen atoms in total. The van der Waals surface area contributed by atoms with Crippen molar-refractivity contribution in [2.24, 2.45) is 0 Å². The monoisotopic (exact) mass is 432 g/mol. The number of piperazine rings is 1. The van der Waals surface area contributed by atoms with Crippen molar-refractivity contribution in [2.45, 2.75) is 25.4 Å². The van der Waals surface area contributed by atoms with Crippen LogP contribution in [0.25, 0.3) is 0 Å². The zero-order valence-corrected chi connectivity index (χ0v) is 18.1. The number of hydrogen-bond acceptors (Lipinski definition) is 6. The number of aromatic nitrogens is 1. The van der Waals surface area contributed by atoms with Crippen LogP contribution in [0.15, 0.2) is 42.6 Å². The first kappa shape index (κ1) is 21.9. The van der Waals surface area contributed by atoms with E-state index in [4.69, 9.17) is 5.26 Å². The molecule has 2 fully saturated rings. The smallest absolute Gasteiger partial charge is 0.270 e. The van der Waals surface area contributed by atoms with Crippen molar-refractivity contribution in [3.8, 4) is 6.07 Å². The van der Waals surface area contributed by atoms with E-state index in [0.29, 0.717) is 29.9 Å². The average molecular weight is 433 g/mol. The van der Waals surface area contributed by atoms with E-state index < -0.39 is 0 Å². The fourth-order valence-corrected chi connectivity index (χ4v) is 4.14. The number of pyridine rings is 1. The van der Waals surface area contributed by atoms with Crippen LogP contribution in [-0.2, 0) is 6.54 Å². The number of likely N-dealkylation sites (tertiary alicyclic amines) is 1. The molecule has 166 valence electrons. The first-order valence-corrected chi connectivity index (χ1v) is 11.1. The molecule has 1 aromatic heterocycles. The summed E-state index contributed by atoms with van der Waals surface area (Å²) in [5.74, 6) is -0.239. The van der Waals surface area contributed by atoms with Crippen molar-refractivity contribution in [3.63, 3.8) is 0 Å². The maximum Gasteiger partial charge on any atom is 0.270 e. The Kier molecular flexibility index (Phi) is 7.10. The second-order valence-corrected chi connectivity index (χ2v) is 8.31. The van der Waals surface area contributed by atoms with Crippen LogP contribution in [0.4, 0.5) is 0 Å². The van der Waals surface area contributed by atoms with Crippen molar-refractivity contribution in [1.29, 1.82) is 5.26 Å². The van der Waals surface area contributed by atoms with Crippen molar-refractivity contribution in [2.75, 3.05) is 39.3 Å². The molecular weight excluding hydrogens is 404 g/mol. The summed E-state index contributed by atoms with van der Waals surface area (Å²) in [6.45, 7) is 5.61. The van der Waals surface area contributed by atoms with Crippen molar-refractivity contribution in [1.82, 2.24) is 25.4 Å². The quantitative estimate of drug-likeness (QED) is 0.741. The predicted molar refractivity (Wildman–Crippen MR) is 120 cm³/mol. The van der Waals surface area contributed by atoms with Gasteiger partial charge in [-0.3, -0.25) is 19.5 Å². The van der Waals surface area contributed by atoms with Crippen LogP contribution < -0.4 is 10.6 Å². The highest BCUT2D eigenvalue weighted by molar-refractivity contribution is 5.96. The average Bonchev–Trinajstić information content (AvgIpc) is 2.86. The predicted octanol–water partition coefficient (Wildman–Crippen LogP) is 1.39. The Balaban J connectivity index is 1.24. The van der Waals surface area contributed by atoms with Crippen LogP contribution in [0.1, 0.15) is 44.8 Å². The van der Waals surface area contributed by atoms with E-state index in [9.17, 15) is 9.59 Å². The lowest BCUT2D eigenvalue weighted by Gasteiger charge is -2.32. The molecule has 0 saturated carbocycles. The van der Waals surface area contributed by atoms with E-state index in [-0.39, 0.29) is 17.9 Å². The van der Waals surface area contributed by atoms with Gasteiger partial charge >= 0.3 is 0 Å². The molecule has 2 aromatic rings. The molecule has 3 heterocycles. The third-order valence-electron chi connectivity index (χ3n) is 6.06. The fraction of sp³-hybridized carbons (Fsp3) is 0.417. The Bertz CT molecular complexity index is 969. The van der Waals surface area contributed by atoms with E-state index in [1.165, 1.54) is 11.8 Å². The summed E-state index contributed by atoms with van der Waals surface area (Å²) in [4.78, 5) is 33.5. The molecule has 0 atom stereocenters. The Morgan fingerprint density at radius 1 is 1.06 bits per heavy atom. The number of amides is 2. The summed E-state index contributed by atoms with van der Waals surface area (Å²) in [5, 5.41) is 15.2. The molecule has 2 aliphatic rings. The third-order valence-corrected chi connectivity index (χ3v) is 6.06. The van der Waals surface area contributed by atoms with E-state index >= 15 is 0 Å². The minimum absolute atomic E-state index is 0.0411. The number of nitrogens with one attached hydrogen (secondary N) is 2. The number of nitriles is 1. The highest BCUT2D eigenvalue weighted by atomic mass is 16.2. The number of carbonyl (C=O) groups excluding carboxylic acids is 2. The van der Waals surface area contributed by atoms with Crippen molar-refractivity contribution in [3.05, 3.63) is 65.0 Å². The van der Waals surface area contributed by atoms with Gasteiger partial charge in [0, 0.05) is 58.1 Å². The van der Waals surface area contributed by atoms with E-state index in [2.05, 4.69) is 26.6 Å². The minimum atomic E-state index is -0.197. The van der Waals surface area contributed by atoms with Gasteiger partial charge in [0.05, 0.1) is 17.2 Å². The zero-order valence-electron chi connectivity index (χ0n) is 18.1. The minimum Gasteiger partial charge on any atom is -0.348 e. The van der Waals surface area contributed by atoms with Crippen LogP contribution in [0.5, 0.6) is 0 Å². The number of rotatable bonds is 5. The van der Waals surface area contributed by atoms with E-state index in [1.54, 1.807) is 17.0 Å². The van der Waals surface area contributed by atoms with Gasteiger partial charge in [0.2, 0.25) is 0 Å². The number of hydrogen-bond donors (Lipinski definition) is 2. The second kappa shape index (κ2) is 10.4. The molecule has 32 heavy (non-hydrogen) atoms. The molecule has 2 aliphatic heterocycles. The molecule has 0 aliphatic carbocycles. The normalized spacial score (nSPS) is 17.5. The summed E-state index contributed by atoms with van der Waals surface area (Å²) in [7, 11) is 0. The molecule has 0 bridgehead atoms. The van der Waals surface area contributed by atoms with Gasteiger partial charge in [-0.1, -0.05) is 12.1 Å². The molecule has 0 unspecified atom stereocenters. The lowest BCUT2D eigenvalue weighted by molar-refractivity contribution is 0.0734. The topological polar surface area (TPSA) is 101 Å². The van der Waals surface area contributed by atoms with Crippen LogP contribution in [-0.4, -0.2) is 71.9 Å². The molecule has 2 N–H and O–H groups in total. The standard InChI is InChI=1S/C24H28N6O2/c25-15-18-1-3-19(4-2-18)17-29-11-7-21(8-12-29)28-23(31)22-6-5-20(16-27-22)24(32)30-13-9-26-10-14-30/h1-6,16,21,26H,7-14,17H2,(H,28,31). The van der Waals surface area contributed by atoms with Gasteiger partial charge in [-0.25, -0.2) is 0 Å². The van der Waals surface area contributed by atoms with Gasteiger partial charge in [-0.15, -0.1) is 0 Å². The summed E-state index contributed by atoms with van der Waals surface area (Å²) < 4.78 is 0. The molecule has 0 radical (unpaired) electrons. The Morgan fingerprint density at radius 3 is 2.41 bits per heavy atom. The van der Waals surface area contributed by atoms with E-state index in [1.807, 2.05) is 24.3 Å². The Morgan fingerprint density at radius 2 is 1.78 bits per heavy atom. The van der Waals surface area contributed by atoms with Crippen LogP contribution in [0.3, 0.4) is 0 Å². The summed E-state index contributed by atoms with van der Waals surface area (Å²) in [5.41, 5.74) is 2.71. The molecule has 4 rings (SSSR count). The van der Waals surface area contributed by atoms with Crippen LogP contribution in [0, 0.1) is 11.3 Å². The Hall–Kier alpha value is -3.28. The van der Waals surface area contributed by atoms with Gasteiger partial charge in [0.1, 0.15) is 5.69 Å². The summed E-state index contributed by atoms with van der Waals surface area (Å²) >= 11 is 0. The van der Waals surface area contributed by atoms with Gasteiger partial charge in [0.15, 0.2) is 0 Å².